The molecule has 0 radical (unpaired) electrons. The Morgan fingerprint density at radius 3 is 2.52 bits per heavy atom. The highest BCUT2D eigenvalue weighted by Crippen LogP contribution is 2.30. The molecule has 5 nitrogen and oxygen atoms in total. The van der Waals surface area contributed by atoms with Crippen molar-refractivity contribution >= 4 is 0 Å². The van der Waals surface area contributed by atoms with Gasteiger partial charge in [-0.1, -0.05) is 17.9 Å². The summed E-state index contributed by atoms with van der Waals surface area (Å²) in [7, 11) is 1.26. The number of nitrogens with zero attached hydrogens (tertiary/aromatic N) is 2. The van der Waals surface area contributed by atoms with Gasteiger partial charge in [0.25, 0.3) is 5.56 Å². The molecule has 0 aliphatic heterocycles. The van der Waals surface area contributed by atoms with Gasteiger partial charge in [-0.2, -0.15) is 13.2 Å². The molecule has 0 amide bonds. The third kappa shape index (κ3) is 4.31. The van der Waals surface area contributed by atoms with E-state index in [0.717, 1.165) is 21.3 Å². The van der Waals surface area contributed by atoms with Crippen molar-refractivity contribution in [2.45, 2.75) is 33.1 Å². The van der Waals surface area contributed by atoms with E-state index in [2.05, 4.69) is 11.8 Å². The minimum absolute atomic E-state index is 0.00355. The molecule has 144 valence electrons. The Hall–Kier alpha value is -2.79. The van der Waals surface area contributed by atoms with Crippen LogP contribution < -0.4 is 11.2 Å². The zero-order chi connectivity index (χ0) is 20.4. The fraction of sp³-hybridized carbons (Fsp3) is 0.368. The third-order valence-corrected chi connectivity index (χ3v) is 3.94. The molecular weight excluding hydrogens is 361 g/mol. The number of hydrogen-bond donors (Lipinski definition) is 0. The van der Waals surface area contributed by atoms with E-state index in [1.165, 1.54) is 26.1 Å². The summed E-state index contributed by atoms with van der Waals surface area (Å²) in [4.78, 5) is 25.0. The fourth-order valence-electron chi connectivity index (χ4n) is 2.55. The molecule has 0 saturated heterocycles. The number of aromatic nitrogens is 2. The van der Waals surface area contributed by atoms with Crippen LogP contribution in [0.15, 0.2) is 33.9 Å². The van der Waals surface area contributed by atoms with E-state index < -0.39 is 29.1 Å². The minimum Gasteiger partial charge on any atom is -0.366 e. The van der Waals surface area contributed by atoms with Crippen LogP contribution in [-0.4, -0.2) is 21.8 Å². The molecule has 2 aromatic rings. The van der Waals surface area contributed by atoms with Crippen molar-refractivity contribution in [3.8, 4) is 17.5 Å². The quantitative estimate of drug-likeness (QED) is 0.770. The zero-order valence-corrected chi connectivity index (χ0v) is 15.3. The highest BCUT2D eigenvalue weighted by Gasteiger charge is 2.30. The molecule has 0 bridgehead atoms. The zero-order valence-electron chi connectivity index (χ0n) is 15.3. The summed E-state index contributed by atoms with van der Waals surface area (Å²) in [6, 6.07) is 4.35. The van der Waals surface area contributed by atoms with Gasteiger partial charge in [-0.15, -0.1) is 0 Å². The van der Waals surface area contributed by atoms with Crippen molar-refractivity contribution in [3.05, 3.63) is 61.9 Å². The predicted molar refractivity (Wildman–Crippen MR) is 95.0 cm³/mol. The molecule has 27 heavy (non-hydrogen) atoms. The maximum Gasteiger partial charge on any atom is 0.416 e. The first-order chi connectivity index (χ1) is 12.6. The maximum absolute atomic E-state index is 13.0. The molecule has 0 N–H and O–H groups in total. The average molecular weight is 380 g/mol. The van der Waals surface area contributed by atoms with Crippen LogP contribution in [0.2, 0.25) is 0 Å². The SMILES string of the molecule is CCOC(C)C#Cc1c(C)n(-c2cccc(C(F)(F)F)c2)c(=O)n(C)c1=O. The van der Waals surface area contributed by atoms with Gasteiger partial charge < -0.3 is 4.74 Å². The van der Waals surface area contributed by atoms with E-state index in [9.17, 15) is 22.8 Å². The van der Waals surface area contributed by atoms with E-state index in [-0.39, 0.29) is 16.9 Å². The standard InChI is InChI=1S/C19H19F3N2O3/c1-5-27-12(2)9-10-16-13(3)24(18(26)23(4)17(16)25)15-8-6-7-14(11-15)19(20,21)22/h6-8,11-12H,5H2,1-4H3. The first-order valence-corrected chi connectivity index (χ1v) is 8.21. The van der Waals surface area contributed by atoms with Crippen LogP contribution in [0.1, 0.15) is 30.7 Å². The summed E-state index contributed by atoms with van der Waals surface area (Å²) >= 11 is 0. The van der Waals surface area contributed by atoms with Crippen molar-refractivity contribution in [2.24, 2.45) is 7.05 Å². The predicted octanol–water partition coefficient (Wildman–Crippen LogP) is 2.64. The van der Waals surface area contributed by atoms with Crippen molar-refractivity contribution in [3.63, 3.8) is 0 Å². The van der Waals surface area contributed by atoms with Crippen LogP contribution in [0.5, 0.6) is 0 Å². The lowest BCUT2D eigenvalue weighted by Crippen LogP contribution is -2.40. The largest absolute Gasteiger partial charge is 0.416 e. The van der Waals surface area contributed by atoms with Crippen LogP contribution in [0.3, 0.4) is 0 Å². The average Bonchev–Trinajstić information content (AvgIpc) is 2.60. The summed E-state index contributed by atoms with van der Waals surface area (Å²) in [5, 5.41) is 0. The van der Waals surface area contributed by atoms with E-state index >= 15 is 0 Å². The summed E-state index contributed by atoms with van der Waals surface area (Å²) in [5.41, 5.74) is -2.06. The van der Waals surface area contributed by atoms with Crippen LogP contribution in [0.25, 0.3) is 5.69 Å². The molecule has 0 fully saturated rings. The van der Waals surface area contributed by atoms with Gasteiger partial charge in [0.1, 0.15) is 11.7 Å². The van der Waals surface area contributed by atoms with E-state index in [4.69, 9.17) is 4.74 Å². The lowest BCUT2D eigenvalue weighted by Gasteiger charge is -2.15. The van der Waals surface area contributed by atoms with Gasteiger partial charge in [-0.05, 0) is 39.0 Å². The first-order valence-electron chi connectivity index (χ1n) is 8.21. The highest BCUT2D eigenvalue weighted by molar-refractivity contribution is 5.43. The Bertz CT molecular complexity index is 1020. The number of halogens is 3. The van der Waals surface area contributed by atoms with E-state index in [1.807, 2.05) is 0 Å². The van der Waals surface area contributed by atoms with Crippen molar-refractivity contribution in [2.75, 3.05) is 6.61 Å². The summed E-state index contributed by atoms with van der Waals surface area (Å²) in [6.07, 6.45) is -4.99. The monoisotopic (exact) mass is 380 g/mol. The van der Waals surface area contributed by atoms with Gasteiger partial charge in [0.15, 0.2) is 0 Å². The Labute approximate surface area is 154 Å². The second-order valence-electron chi connectivity index (χ2n) is 5.86. The Morgan fingerprint density at radius 2 is 1.93 bits per heavy atom. The lowest BCUT2D eigenvalue weighted by molar-refractivity contribution is -0.137. The Morgan fingerprint density at radius 1 is 1.26 bits per heavy atom. The minimum atomic E-state index is -4.55. The van der Waals surface area contributed by atoms with Crippen molar-refractivity contribution < 1.29 is 17.9 Å². The highest BCUT2D eigenvalue weighted by atomic mass is 19.4. The number of benzene rings is 1. The molecule has 0 saturated carbocycles. The van der Waals surface area contributed by atoms with Crippen molar-refractivity contribution in [1.82, 2.24) is 9.13 Å². The molecule has 1 unspecified atom stereocenters. The normalized spacial score (nSPS) is 12.4. The summed E-state index contributed by atoms with van der Waals surface area (Å²) in [5.74, 6) is 5.46. The molecule has 1 heterocycles. The van der Waals surface area contributed by atoms with Crippen LogP contribution in [0.4, 0.5) is 13.2 Å². The molecule has 1 aromatic carbocycles. The number of rotatable bonds is 3. The maximum atomic E-state index is 13.0. The summed E-state index contributed by atoms with van der Waals surface area (Å²) < 4.78 is 46.2. The number of alkyl halides is 3. The fourth-order valence-corrected chi connectivity index (χ4v) is 2.55. The molecule has 0 aliphatic rings. The smallest absolute Gasteiger partial charge is 0.366 e. The van der Waals surface area contributed by atoms with Crippen molar-refractivity contribution in [1.29, 1.82) is 0 Å². The Balaban J connectivity index is 2.73. The molecule has 2 rings (SSSR count). The molecular formula is C19H19F3N2O3. The van der Waals surface area contributed by atoms with E-state index in [1.54, 1.807) is 13.8 Å². The van der Waals surface area contributed by atoms with Gasteiger partial charge >= 0.3 is 11.9 Å². The molecule has 0 aliphatic carbocycles. The summed E-state index contributed by atoms with van der Waals surface area (Å²) in [6.45, 7) is 5.42. The molecule has 0 spiro atoms. The van der Waals surface area contributed by atoms with Gasteiger partial charge in [-0.25, -0.2) is 4.79 Å². The Kier molecular flexibility index (Phi) is 5.96. The van der Waals surface area contributed by atoms with Gasteiger partial charge in [0.2, 0.25) is 0 Å². The van der Waals surface area contributed by atoms with Gasteiger partial charge in [0, 0.05) is 19.3 Å². The van der Waals surface area contributed by atoms with Gasteiger partial charge in [-0.3, -0.25) is 13.9 Å². The number of ether oxygens (including phenoxy) is 1. The molecule has 1 aromatic heterocycles. The molecule has 8 heteroatoms. The van der Waals surface area contributed by atoms with E-state index in [0.29, 0.717) is 6.61 Å². The second-order valence-corrected chi connectivity index (χ2v) is 5.86. The molecule has 1 atom stereocenters. The topological polar surface area (TPSA) is 53.2 Å². The second kappa shape index (κ2) is 7.84. The third-order valence-electron chi connectivity index (χ3n) is 3.94. The van der Waals surface area contributed by atoms with Gasteiger partial charge in [0.05, 0.1) is 11.3 Å². The number of hydrogen-bond acceptors (Lipinski definition) is 3. The van der Waals surface area contributed by atoms with Crippen LogP contribution >= 0.6 is 0 Å². The van der Waals surface area contributed by atoms with Crippen LogP contribution in [0, 0.1) is 18.8 Å². The first kappa shape index (κ1) is 20.5. The lowest BCUT2D eigenvalue weighted by atomic mass is 10.1. The van der Waals surface area contributed by atoms with Crippen LogP contribution in [-0.2, 0) is 18.0 Å².